The summed E-state index contributed by atoms with van der Waals surface area (Å²) in [4.78, 5) is 40.9. The summed E-state index contributed by atoms with van der Waals surface area (Å²) in [5.41, 5.74) is 1.48. The molecular weight excluding hydrogens is 547 g/mol. The lowest BCUT2D eigenvalue weighted by Crippen LogP contribution is -2.41. The number of nitrogens with one attached hydrogen (secondary N) is 3. The Kier molecular flexibility index (Phi) is 7.54. The van der Waals surface area contributed by atoms with Gasteiger partial charge in [0.2, 0.25) is 11.8 Å². The zero-order valence-electron chi connectivity index (χ0n) is 21.0. The van der Waals surface area contributed by atoms with Crippen molar-refractivity contribution in [2.75, 3.05) is 24.7 Å². The Morgan fingerprint density at radius 2 is 1.85 bits per heavy atom. The van der Waals surface area contributed by atoms with E-state index in [1.54, 1.807) is 30.3 Å². The molecule has 2 fully saturated rings. The first-order chi connectivity index (χ1) is 18.6. The molecule has 39 heavy (non-hydrogen) atoms. The standard InChI is InChI=1S/C26H27FN4O6S2/c1-39(35,36)23(24(33)28-12-22(32)29-16-8-9-16)25-31-20-11-19(27)18(10-21(20)38-25)15-4-6-17(7-5-15)30-26(34)37-13-14-2-3-14/h4-7,10-11,14,16,23H,2-3,8-9,12-13H2,1H3,(H,28,33)(H,29,32)(H,30,34). The Balaban J connectivity index is 1.32. The molecule has 5 rings (SSSR count). The van der Waals surface area contributed by atoms with Gasteiger partial charge in [0.25, 0.3) is 0 Å². The number of hydrogen-bond acceptors (Lipinski definition) is 8. The number of hydrogen-bond donors (Lipinski definition) is 3. The van der Waals surface area contributed by atoms with E-state index >= 15 is 4.39 Å². The van der Waals surface area contributed by atoms with Crippen LogP contribution in [-0.2, 0) is 24.2 Å². The van der Waals surface area contributed by atoms with Crippen molar-refractivity contribution in [3.8, 4) is 11.1 Å². The minimum absolute atomic E-state index is 0.0200. The van der Waals surface area contributed by atoms with Crippen molar-refractivity contribution in [3.05, 3.63) is 47.2 Å². The van der Waals surface area contributed by atoms with Gasteiger partial charge >= 0.3 is 6.09 Å². The van der Waals surface area contributed by atoms with Crippen molar-refractivity contribution in [2.24, 2.45) is 5.92 Å². The summed E-state index contributed by atoms with van der Waals surface area (Å²) in [6, 6.07) is 9.36. The number of amides is 3. The van der Waals surface area contributed by atoms with Crippen LogP contribution in [0.2, 0.25) is 0 Å². The number of carbonyl (C=O) groups excluding carboxylic acids is 3. The van der Waals surface area contributed by atoms with Gasteiger partial charge in [0.05, 0.1) is 23.4 Å². The molecule has 206 valence electrons. The maximum Gasteiger partial charge on any atom is 0.411 e. The molecule has 13 heteroatoms. The Labute approximate surface area is 228 Å². The van der Waals surface area contributed by atoms with Gasteiger partial charge in [-0.25, -0.2) is 22.6 Å². The van der Waals surface area contributed by atoms with E-state index in [1.165, 1.54) is 6.07 Å². The van der Waals surface area contributed by atoms with Crippen LogP contribution in [-0.4, -0.2) is 56.8 Å². The highest BCUT2D eigenvalue weighted by atomic mass is 32.2. The molecular formula is C26H27FN4O6S2. The number of rotatable bonds is 10. The van der Waals surface area contributed by atoms with Crippen LogP contribution in [0.15, 0.2) is 36.4 Å². The van der Waals surface area contributed by atoms with Crippen molar-refractivity contribution in [2.45, 2.75) is 37.0 Å². The predicted molar refractivity (Wildman–Crippen MR) is 144 cm³/mol. The van der Waals surface area contributed by atoms with Crippen LogP contribution in [0.3, 0.4) is 0 Å². The van der Waals surface area contributed by atoms with E-state index in [4.69, 9.17) is 4.74 Å². The summed E-state index contributed by atoms with van der Waals surface area (Å²) < 4.78 is 45.7. The zero-order chi connectivity index (χ0) is 27.7. The lowest BCUT2D eigenvalue weighted by Gasteiger charge is -2.12. The second-order valence-electron chi connectivity index (χ2n) is 9.87. The first kappa shape index (κ1) is 27.0. The van der Waals surface area contributed by atoms with Crippen LogP contribution < -0.4 is 16.0 Å². The molecule has 10 nitrogen and oxygen atoms in total. The fourth-order valence-corrected chi connectivity index (χ4v) is 6.45. The van der Waals surface area contributed by atoms with Crippen LogP contribution in [0.4, 0.5) is 14.9 Å². The maximum absolute atomic E-state index is 15.1. The van der Waals surface area contributed by atoms with E-state index in [1.807, 2.05) is 0 Å². The van der Waals surface area contributed by atoms with Gasteiger partial charge in [-0.1, -0.05) is 12.1 Å². The molecule has 3 N–H and O–H groups in total. The van der Waals surface area contributed by atoms with Gasteiger partial charge in [0.1, 0.15) is 10.8 Å². The molecule has 1 unspecified atom stereocenters. The van der Waals surface area contributed by atoms with Crippen molar-refractivity contribution in [3.63, 3.8) is 0 Å². The second-order valence-corrected chi connectivity index (χ2v) is 13.1. The SMILES string of the molecule is CS(=O)(=O)C(C(=O)NCC(=O)NC1CC1)c1nc2cc(F)c(-c3ccc(NC(=O)OCC4CC4)cc3)cc2s1. The Bertz CT molecular complexity index is 1530. The van der Waals surface area contributed by atoms with Crippen LogP contribution in [0, 0.1) is 11.7 Å². The van der Waals surface area contributed by atoms with Crippen LogP contribution >= 0.6 is 11.3 Å². The quantitative estimate of drug-likeness (QED) is 0.336. The number of benzene rings is 2. The number of halogens is 1. The number of aromatic nitrogens is 1. The van der Waals surface area contributed by atoms with Gasteiger partial charge in [-0.2, -0.15) is 0 Å². The van der Waals surface area contributed by atoms with E-state index in [2.05, 4.69) is 20.9 Å². The molecule has 0 spiro atoms. The van der Waals surface area contributed by atoms with Gasteiger partial charge in [-0.3, -0.25) is 14.9 Å². The molecule has 2 aromatic carbocycles. The third-order valence-corrected chi connectivity index (χ3v) is 8.87. The average Bonchev–Trinajstić information content (AvgIpc) is 3.80. The molecule has 0 aliphatic heterocycles. The summed E-state index contributed by atoms with van der Waals surface area (Å²) >= 11 is 0.966. The van der Waals surface area contributed by atoms with Crippen molar-refractivity contribution >= 4 is 55.0 Å². The van der Waals surface area contributed by atoms with Gasteiger partial charge in [0, 0.05) is 29.6 Å². The number of ether oxygens (including phenoxy) is 1. The van der Waals surface area contributed by atoms with E-state index < -0.39 is 38.8 Å². The monoisotopic (exact) mass is 574 g/mol. The lowest BCUT2D eigenvalue weighted by molar-refractivity contribution is -0.126. The molecule has 3 amide bonds. The fraction of sp³-hybridized carbons (Fsp3) is 0.385. The van der Waals surface area contributed by atoms with E-state index in [0.29, 0.717) is 28.5 Å². The van der Waals surface area contributed by atoms with E-state index in [-0.39, 0.29) is 28.7 Å². The fourth-order valence-electron chi connectivity index (χ4n) is 3.92. The molecule has 2 aliphatic rings. The minimum Gasteiger partial charge on any atom is -0.449 e. The Morgan fingerprint density at radius 3 is 2.49 bits per heavy atom. The van der Waals surface area contributed by atoms with Gasteiger partial charge in [-0.05, 0) is 55.4 Å². The smallest absolute Gasteiger partial charge is 0.411 e. The Morgan fingerprint density at radius 1 is 1.13 bits per heavy atom. The number of thiazole rings is 1. The lowest BCUT2D eigenvalue weighted by atomic mass is 10.0. The molecule has 1 atom stereocenters. The molecule has 0 saturated heterocycles. The van der Waals surface area contributed by atoms with Crippen LogP contribution in [0.5, 0.6) is 0 Å². The zero-order valence-corrected chi connectivity index (χ0v) is 22.7. The number of anilines is 1. The van der Waals surface area contributed by atoms with Crippen LogP contribution in [0.1, 0.15) is 35.9 Å². The first-order valence-electron chi connectivity index (χ1n) is 12.5. The molecule has 1 heterocycles. The average molecular weight is 575 g/mol. The molecule has 3 aromatic rings. The minimum atomic E-state index is -3.95. The van der Waals surface area contributed by atoms with Gasteiger partial charge < -0.3 is 15.4 Å². The summed E-state index contributed by atoms with van der Waals surface area (Å²) in [6.07, 6.45) is 4.27. The highest BCUT2D eigenvalue weighted by molar-refractivity contribution is 7.91. The second kappa shape index (κ2) is 10.9. The number of nitrogens with zero attached hydrogens (tertiary/aromatic N) is 1. The molecule has 0 radical (unpaired) electrons. The van der Waals surface area contributed by atoms with Crippen molar-refractivity contribution in [1.82, 2.24) is 15.6 Å². The Hall–Kier alpha value is -3.58. The van der Waals surface area contributed by atoms with E-state index in [9.17, 15) is 22.8 Å². The van der Waals surface area contributed by atoms with Gasteiger partial charge in [0.15, 0.2) is 15.1 Å². The number of carbonyl (C=O) groups is 3. The number of sulfone groups is 1. The summed E-state index contributed by atoms with van der Waals surface area (Å²) in [6.45, 7) is 0.0394. The van der Waals surface area contributed by atoms with Crippen molar-refractivity contribution < 1.29 is 31.9 Å². The predicted octanol–water partition coefficient (Wildman–Crippen LogP) is 3.54. The largest absolute Gasteiger partial charge is 0.449 e. The topological polar surface area (TPSA) is 144 Å². The third kappa shape index (κ3) is 6.90. The first-order valence-corrected chi connectivity index (χ1v) is 15.2. The molecule has 2 saturated carbocycles. The van der Waals surface area contributed by atoms with Crippen LogP contribution in [0.25, 0.3) is 21.3 Å². The summed E-state index contributed by atoms with van der Waals surface area (Å²) in [7, 11) is -3.95. The highest BCUT2D eigenvalue weighted by Crippen LogP contribution is 2.35. The maximum atomic E-state index is 15.1. The third-order valence-electron chi connectivity index (χ3n) is 6.34. The molecule has 1 aromatic heterocycles. The molecule has 2 aliphatic carbocycles. The number of fused-ring (bicyclic) bond motifs is 1. The molecule has 0 bridgehead atoms. The highest BCUT2D eigenvalue weighted by Gasteiger charge is 2.34. The summed E-state index contributed by atoms with van der Waals surface area (Å²) in [5.74, 6) is -1.41. The normalized spacial score (nSPS) is 15.9. The summed E-state index contributed by atoms with van der Waals surface area (Å²) in [5, 5.41) is 6.06. The van der Waals surface area contributed by atoms with Gasteiger partial charge in [-0.15, -0.1) is 11.3 Å². The van der Waals surface area contributed by atoms with Crippen molar-refractivity contribution in [1.29, 1.82) is 0 Å². The van der Waals surface area contributed by atoms with E-state index in [0.717, 1.165) is 43.3 Å².